The molecule has 0 aliphatic carbocycles. The van der Waals surface area contributed by atoms with E-state index in [0.29, 0.717) is 31.0 Å². The summed E-state index contributed by atoms with van der Waals surface area (Å²) < 4.78 is 25.1. The zero-order valence-electron chi connectivity index (χ0n) is 13.8. The molecule has 1 aliphatic rings. The number of nitrogens with zero attached hydrogens (tertiary/aromatic N) is 1. The first-order valence-electron chi connectivity index (χ1n) is 8.33. The van der Waals surface area contributed by atoms with Crippen LogP contribution in [-0.4, -0.2) is 38.1 Å². The number of sulfonamides is 1. The van der Waals surface area contributed by atoms with Crippen molar-refractivity contribution in [2.45, 2.75) is 64.8 Å². The highest BCUT2D eigenvalue weighted by Gasteiger charge is 2.29. The Bertz CT molecular complexity index is 380. The molecule has 1 heterocycles. The van der Waals surface area contributed by atoms with E-state index in [9.17, 15) is 8.42 Å². The molecule has 0 saturated carbocycles. The van der Waals surface area contributed by atoms with E-state index in [4.69, 9.17) is 5.84 Å². The van der Waals surface area contributed by atoms with Gasteiger partial charge in [-0.05, 0) is 43.9 Å². The molecule has 1 fully saturated rings. The highest BCUT2D eigenvalue weighted by molar-refractivity contribution is 7.88. The highest BCUT2D eigenvalue weighted by atomic mass is 32.2. The minimum Gasteiger partial charge on any atom is -0.271 e. The average Bonchev–Trinajstić information content (AvgIpc) is 2.44. The van der Waals surface area contributed by atoms with Gasteiger partial charge in [0.15, 0.2) is 0 Å². The number of hydrogen-bond donors (Lipinski definition) is 2. The van der Waals surface area contributed by atoms with Crippen molar-refractivity contribution in [3.63, 3.8) is 0 Å². The van der Waals surface area contributed by atoms with Crippen molar-refractivity contribution >= 4 is 10.0 Å². The molecule has 1 saturated heterocycles. The average molecular weight is 320 g/mol. The monoisotopic (exact) mass is 319 g/mol. The van der Waals surface area contributed by atoms with Crippen LogP contribution in [0.5, 0.6) is 0 Å². The number of nitrogens with one attached hydrogen (secondary N) is 1. The maximum atomic E-state index is 11.7. The maximum Gasteiger partial charge on any atom is 0.211 e. The Morgan fingerprint density at radius 1 is 1.29 bits per heavy atom. The molecule has 6 heteroatoms. The first kappa shape index (κ1) is 18.9. The van der Waals surface area contributed by atoms with Crippen LogP contribution in [-0.2, 0) is 10.0 Å². The van der Waals surface area contributed by atoms with Crippen molar-refractivity contribution in [2.24, 2.45) is 17.7 Å². The van der Waals surface area contributed by atoms with Gasteiger partial charge in [0.1, 0.15) is 0 Å². The molecule has 0 amide bonds. The van der Waals surface area contributed by atoms with Gasteiger partial charge in [0, 0.05) is 19.1 Å². The van der Waals surface area contributed by atoms with Crippen LogP contribution in [0, 0.1) is 11.8 Å². The Hall–Kier alpha value is -0.170. The number of hydrogen-bond acceptors (Lipinski definition) is 4. The topological polar surface area (TPSA) is 75.4 Å². The zero-order valence-corrected chi connectivity index (χ0v) is 14.7. The van der Waals surface area contributed by atoms with Gasteiger partial charge in [0.25, 0.3) is 0 Å². The summed E-state index contributed by atoms with van der Waals surface area (Å²) in [7, 11) is -3.06. The van der Waals surface area contributed by atoms with Crippen LogP contribution in [0.2, 0.25) is 0 Å². The lowest BCUT2D eigenvalue weighted by molar-refractivity contribution is 0.204. The van der Waals surface area contributed by atoms with Gasteiger partial charge in [-0.3, -0.25) is 11.3 Å². The van der Waals surface area contributed by atoms with Crippen molar-refractivity contribution < 1.29 is 8.42 Å². The standard InChI is InChI=1S/C15H33N3O2S/c1-4-7-14(8-5-2)15(17-16)11-13-9-6-10-18(12-13)21(3,19)20/h13-15,17H,4-12,16H2,1-3H3. The molecule has 0 aromatic carbocycles. The summed E-state index contributed by atoms with van der Waals surface area (Å²) in [6, 6.07) is 0.300. The smallest absolute Gasteiger partial charge is 0.211 e. The van der Waals surface area contributed by atoms with E-state index in [1.54, 1.807) is 4.31 Å². The van der Waals surface area contributed by atoms with E-state index in [1.165, 1.54) is 31.9 Å². The zero-order chi connectivity index (χ0) is 15.9. The van der Waals surface area contributed by atoms with Crippen molar-refractivity contribution in [2.75, 3.05) is 19.3 Å². The van der Waals surface area contributed by atoms with Gasteiger partial charge in [0.2, 0.25) is 10.0 Å². The Morgan fingerprint density at radius 3 is 2.38 bits per heavy atom. The molecule has 0 spiro atoms. The molecular weight excluding hydrogens is 286 g/mol. The van der Waals surface area contributed by atoms with Crippen LogP contribution in [0.15, 0.2) is 0 Å². The fraction of sp³-hybridized carbons (Fsp3) is 1.00. The third kappa shape index (κ3) is 6.22. The molecule has 1 rings (SSSR count). The minimum absolute atomic E-state index is 0.300. The van der Waals surface area contributed by atoms with Gasteiger partial charge < -0.3 is 0 Å². The Morgan fingerprint density at radius 2 is 1.90 bits per heavy atom. The Labute approximate surface area is 130 Å². The predicted molar refractivity (Wildman–Crippen MR) is 88.2 cm³/mol. The molecule has 0 radical (unpaired) electrons. The molecule has 2 unspecified atom stereocenters. The molecule has 5 nitrogen and oxygen atoms in total. The van der Waals surface area contributed by atoms with E-state index >= 15 is 0 Å². The predicted octanol–water partition coefficient (Wildman–Crippen LogP) is 2.10. The molecule has 21 heavy (non-hydrogen) atoms. The van der Waals surface area contributed by atoms with Crippen LogP contribution < -0.4 is 11.3 Å². The van der Waals surface area contributed by atoms with Crippen molar-refractivity contribution in [3.05, 3.63) is 0 Å². The second-order valence-corrected chi connectivity index (χ2v) is 8.46. The van der Waals surface area contributed by atoms with Gasteiger partial charge in [-0.25, -0.2) is 12.7 Å². The van der Waals surface area contributed by atoms with E-state index < -0.39 is 10.0 Å². The third-order valence-electron chi connectivity index (χ3n) is 4.64. The van der Waals surface area contributed by atoms with E-state index in [-0.39, 0.29) is 0 Å². The van der Waals surface area contributed by atoms with E-state index in [0.717, 1.165) is 19.3 Å². The van der Waals surface area contributed by atoms with Crippen LogP contribution in [0.1, 0.15) is 58.8 Å². The number of piperidine rings is 1. The van der Waals surface area contributed by atoms with Crippen LogP contribution in [0.4, 0.5) is 0 Å². The molecule has 1 aliphatic heterocycles. The third-order valence-corrected chi connectivity index (χ3v) is 5.91. The summed E-state index contributed by atoms with van der Waals surface area (Å²) in [4.78, 5) is 0. The summed E-state index contributed by atoms with van der Waals surface area (Å²) in [5, 5.41) is 0. The van der Waals surface area contributed by atoms with E-state index in [1.807, 2.05) is 0 Å². The number of nitrogens with two attached hydrogens (primary N) is 1. The van der Waals surface area contributed by atoms with Crippen molar-refractivity contribution in [1.29, 1.82) is 0 Å². The van der Waals surface area contributed by atoms with E-state index in [2.05, 4.69) is 19.3 Å². The van der Waals surface area contributed by atoms with Crippen molar-refractivity contribution in [1.82, 2.24) is 9.73 Å². The largest absolute Gasteiger partial charge is 0.271 e. The molecule has 126 valence electrons. The summed E-state index contributed by atoms with van der Waals surface area (Å²) in [5.74, 6) is 6.81. The second-order valence-electron chi connectivity index (χ2n) is 6.48. The summed E-state index contributed by atoms with van der Waals surface area (Å²) in [5.41, 5.74) is 3.00. The maximum absolute atomic E-state index is 11.7. The van der Waals surface area contributed by atoms with Crippen LogP contribution >= 0.6 is 0 Å². The Balaban J connectivity index is 2.62. The van der Waals surface area contributed by atoms with Gasteiger partial charge in [-0.15, -0.1) is 0 Å². The van der Waals surface area contributed by atoms with Gasteiger partial charge in [-0.2, -0.15) is 0 Å². The minimum atomic E-state index is -3.06. The molecule has 3 N–H and O–H groups in total. The van der Waals surface area contributed by atoms with Crippen LogP contribution in [0.3, 0.4) is 0 Å². The SMILES string of the molecule is CCCC(CCC)C(CC1CCCN(S(C)(=O)=O)C1)NN. The molecule has 0 bridgehead atoms. The highest BCUT2D eigenvalue weighted by Crippen LogP contribution is 2.27. The lowest BCUT2D eigenvalue weighted by Gasteiger charge is -2.35. The molecule has 0 aromatic heterocycles. The molecule has 0 aromatic rings. The number of hydrazine groups is 1. The first-order valence-corrected chi connectivity index (χ1v) is 10.2. The quantitative estimate of drug-likeness (QED) is 0.504. The van der Waals surface area contributed by atoms with Crippen LogP contribution in [0.25, 0.3) is 0 Å². The van der Waals surface area contributed by atoms with Crippen molar-refractivity contribution in [3.8, 4) is 0 Å². The van der Waals surface area contributed by atoms with Gasteiger partial charge in [-0.1, -0.05) is 26.7 Å². The number of rotatable bonds is 9. The summed E-state index contributed by atoms with van der Waals surface area (Å²) in [6.07, 6.45) is 9.07. The normalized spacial score (nSPS) is 22.6. The van der Waals surface area contributed by atoms with Gasteiger partial charge >= 0.3 is 0 Å². The lowest BCUT2D eigenvalue weighted by Crippen LogP contribution is -2.46. The fourth-order valence-corrected chi connectivity index (χ4v) is 4.51. The molecule has 2 atom stereocenters. The van der Waals surface area contributed by atoms with Gasteiger partial charge in [0.05, 0.1) is 6.26 Å². The fourth-order valence-electron chi connectivity index (χ4n) is 3.56. The molecular formula is C15H33N3O2S. The summed E-state index contributed by atoms with van der Waals surface area (Å²) >= 11 is 0. The first-order chi connectivity index (χ1) is 9.92. The Kier molecular flexibility index (Phi) is 8.16. The second kappa shape index (κ2) is 9.08. The summed E-state index contributed by atoms with van der Waals surface area (Å²) in [6.45, 7) is 5.75. The lowest BCUT2D eigenvalue weighted by atomic mass is 9.83.